The zero-order chi connectivity index (χ0) is 5.91. The normalized spacial score (nSPS) is 18.9. The SMILES string of the molecule is CCC(C)(I)[CH]Br. The van der Waals surface area contributed by atoms with Gasteiger partial charge in [0.25, 0.3) is 0 Å². The van der Waals surface area contributed by atoms with E-state index in [1.807, 2.05) is 5.33 Å². The molecular weight excluding hydrogens is 267 g/mol. The van der Waals surface area contributed by atoms with Crippen LogP contribution in [0.3, 0.4) is 0 Å². The van der Waals surface area contributed by atoms with Gasteiger partial charge in [-0.25, -0.2) is 0 Å². The molecule has 0 aliphatic rings. The van der Waals surface area contributed by atoms with Crippen molar-refractivity contribution in [2.24, 2.45) is 0 Å². The second-order valence-corrected chi connectivity index (χ2v) is 4.66. The number of hydrogen-bond donors (Lipinski definition) is 0. The highest BCUT2D eigenvalue weighted by molar-refractivity contribution is 14.1. The summed E-state index contributed by atoms with van der Waals surface area (Å²) in [5.41, 5.74) is 0. The molecule has 0 N–H and O–H groups in total. The first-order chi connectivity index (χ1) is 3.12. The second kappa shape index (κ2) is 3.28. The lowest BCUT2D eigenvalue weighted by Crippen LogP contribution is -2.09. The molecule has 0 aromatic carbocycles. The van der Waals surface area contributed by atoms with Crippen molar-refractivity contribution in [1.82, 2.24) is 0 Å². The van der Waals surface area contributed by atoms with Gasteiger partial charge in [-0.15, -0.1) is 0 Å². The molecule has 0 rings (SSSR count). The molecule has 0 fully saturated rings. The van der Waals surface area contributed by atoms with E-state index in [4.69, 9.17) is 0 Å². The highest BCUT2D eigenvalue weighted by Crippen LogP contribution is 2.27. The number of halogens is 2. The van der Waals surface area contributed by atoms with Crippen molar-refractivity contribution in [3.63, 3.8) is 0 Å². The molecule has 0 aromatic heterocycles. The van der Waals surface area contributed by atoms with E-state index in [0.29, 0.717) is 3.42 Å². The minimum atomic E-state index is 0.345. The molecule has 2 heteroatoms. The van der Waals surface area contributed by atoms with Gasteiger partial charge in [0.05, 0.1) is 0 Å². The van der Waals surface area contributed by atoms with Gasteiger partial charge in [0.15, 0.2) is 0 Å². The molecule has 0 saturated carbocycles. The van der Waals surface area contributed by atoms with Gasteiger partial charge in [-0.3, -0.25) is 0 Å². The third-order valence-corrected chi connectivity index (χ3v) is 3.86. The molecule has 0 heterocycles. The lowest BCUT2D eigenvalue weighted by atomic mass is 10.2. The standard InChI is InChI=1S/C5H9BrI/c1-3-5(2,7)4-6/h4H,3H2,1-2H3. The Kier molecular flexibility index (Phi) is 3.84. The predicted octanol–water partition coefficient (Wildman–Crippen LogP) is 3.15. The van der Waals surface area contributed by atoms with Crippen LogP contribution in [0.15, 0.2) is 0 Å². The zero-order valence-electron chi connectivity index (χ0n) is 4.54. The Balaban J connectivity index is 3.36. The summed E-state index contributed by atoms with van der Waals surface area (Å²) in [5, 5.41) is 2.04. The average molecular weight is 276 g/mol. The van der Waals surface area contributed by atoms with Crippen LogP contribution in [-0.2, 0) is 0 Å². The maximum atomic E-state index is 3.30. The molecule has 0 spiro atoms. The van der Waals surface area contributed by atoms with Crippen LogP contribution in [0.2, 0.25) is 0 Å². The topological polar surface area (TPSA) is 0 Å². The Bertz CT molecular complexity index is 46.0. The van der Waals surface area contributed by atoms with Gasteiger partial charge < -0.3 is 0 Å². The predicted molar refractivity (Wildman–Crippen MR) is 45.9 cm³/mol. The van der Waals surface area contributed by atoms with Crippen LogP contribution >= 0.6 is 38.5 Å². The molecule has 0 amide bonds. The van der Waals surface area contributed by atoms with Crippen LogP contribution in [0.4, 0.5) is 0 Å². The van der Waals surface area contributed by atoms with Crippen molar-refractivity contribution < 1.29 is 0 Å². The summed E-state index contributed by atoms with van der Waals surface area (Å²) < 4.78 is 0.345. The first kappa shape index (κ1) is 8.21. The van der Waals surface area contributed by atoms with E-state index >= 15 is 0 Å². The quantitative estimate of drug-likeness (QED) is 0.537. The van der Waals surface area contributed by atoms with E-state index in [1.165, 1.54) is 6.42 Å². The van der Waals surface area contributed by atoms with E-state index in [2.05, 4.69) is 52.4 Å². The van der Waals surface area contributed by atoms with Crippen molar-refractivity contribution in [2.45, 2.75) is 23.7 Å². The van der Waals surface area contributed by atoms with Crippen LogP contribution in [0, 0.1) is 5.33 Å². The average Bonchev–Trinajstić information content (AvgIpc) is 1.68. The van der Waals surface area contributed by atoms with Gasteiger partial charge in [-0.1, -0.05) is 45.4 Å². The molecule has 43 valence electrons. The summed E-state index contributed by atoms with van der Waals surface area (Å²) in [6.45, 7) is 4.35. The molecule has 7 heavy (non-hydrogen) atoms. The molecule has 0 saturated heterocycles. The van der Waals surface area contributed by atoms with Crippen LogP contribution in [0.5, 0.6) is 0 Å². The van der Waals surface area contributed by atoms with Crippen molar-refractivity contribution in [2.75, 3.05) is 0 Å². The molecule has 0 aliphatic heterocycles. The fraction of sp³-hybridized carbons (Fsp3) is 0.800. The molecular formula is C5H9BrI. The van der Waals surface area contributed by atoms with Crippen LogP contribution < -0.4 is 0 Å². The Morgan fingerprint density at radius 3 is 2.29 bits per heavy atom. The van der Waals surface area contributed by atoms with E-state index in [9.17, 15) is 0 Å². The summed E-state index contributed by atoms with van der Waals surface area (Å²) in [7, 11) is 0. The number of rotatable bonds is 2. The molecule has 1 unspecified atom stereocenters. The molecule has 1 atom stereocenters. The second-order valence-electron chi connectivity index (χ2n) is 1.74. The first-order valence-corrected chi connectivity index (χ1v) is 4.25. The summed E-state index contributed by atoms with van der Waals surface area (Å²) in [6, 6.07) is 0. The molecule has 0 nitrogen and oxygen atoms in total. The van der Waals surface area contributed by atoms with E-state index in [-0.39, 0.29) is 0 Å². The number of alkyl halides is 1. The van der Waals surface area contributed by atoms with Crippen LogP contribution in [0.25, 0.3) is 0 Å². The fourth-order valence-electron chi connectivity index (χ4n) is 0.0772. The lowest BCUT2D eigenvalue weighted by molar-refractivity contribution is 0.778. The summed E-state index contributed by atoms with van der Waals surface area (Å²) >= 11 is 5.70. The largest absolute Gasteiger partial charge is 0.0864 e. The van der Waals surface area contributed by atoms with Crippen molar-refractivity contribution in [3.05, 3.63) is 5.33 Å². The Labute approximate surface area is 67.3 Å². The summed E-state index contributed by atoms with van der Waals surface area (Å²) in [6.07, 6.45) is 1.18. The minimum absolute atomic E-state index is 0.345. The monoisotopic (exact) mass is 275 g/mol. The van der Waals surface area contributed by atoms with Gasteiger partial charge in [0.1, 0.15) is 0 Å². The van der Waals surface area contributed by atoms with Gasteiger partial charge in [-0.05, 0) is 13.3 Å². The van der Waals surface area contributed by atoms with Crippen LogP contribution in [0.1, 0.15) is 20.3 Å². The lowest BCUT2D eigenvalue weighted by Gasteiger charge is -2.14. The molecule has 0 aliphatic carbocycles. The molecule has 1 radical (unpaired) electrons. The Morgan fingerprint density at radius 2 is 2.29 bits per heavy atom. The van der Waals surface area contributed by atoms with Crippen molar-refractivity contribution in [3.8, 4) is 0 Å². The third-order valence-electron chi connectivity index (χ3n) is 0.919. The maximum Gasteiger partial charge on any atom is 0.0426 e. The zero-order valence-corrected chi connectivity index (χ0v) is 8.28. The van der Waals surface area contributed by atoms with Gasteiger partial charge >= 0.3 is 0 Å². The van der Waals surface area contributed by atoms with E-state index in [1.54, 1.807) is 0 Å². The molecule has 0 aromatic rings. The highest BCUT2D eigenvalue weighted by Gasteiger charge is 2.14. The van der Waals surface area contributed by atoms with Crippen LogP contribution in [-0.4, -0.2) is 3.42 Å². The maximum absolute atomic E-state index is 3.30. The summed E-state index contributed by atoms with van der Waals surface area (Å²) in [4.78, 5) is 0. The summed E-state index contributed by atoms with van der Waals surface area (Å²) in [5.74, 6) is 0. The molecule has 0 bridgehead atoms. The Hall–Kier alpha value is 1.21. The Morgan fingerprint density at radius 1 is 1.86 bits per heavy atom. The van der Waals surface area contributed by atoms with Gasteiger partial charge in [-0.2, -0.15) is 0 Å². The number of hydrogen-bond acceptors (Lipinski definition) is 0. The fourth-order valence-corrected chi connectivity index (χ4v) is 0.401. The minimum Gasteiger partial charge on any atom is -0.0864 e. The first-order valence-electron chi connectivity index (χ1n) is 2.26. The smallest absolute Gasteiger partial charge is 0.0426 e. The van der Waals surface area contributed by atoms with Gasteiger partial charge in [0, 0.05) is 8.75 Å². The van der Waals surface area contributed by atoms with E-state index < -0.39 is 0 Å². The highest BCUT2D eigenvalue weighted by atomic mass is 127. The van der Waals surface area contributed by atoms with Gasteiger partial charge in [0.2, 0.25) is 0 Å². The van der Waals surface area contributed by atoms with E-state index in [0.717, 1.165) is 0 Å². The van der Waals surface area contributed by atoms with Crippen molar-refractivity contribution >= 4 is 38.5 Å². The third kappa shape index (κ3) is 3.76. The van der Waals surface area contributed by atoms with Crippen molar-refractivity contribution in [1.29, 1.82) is 0 Å².